The van der Waals surface area contributed by atoms with Crippen LogP contribution in [-0.4, -0.2) is 11.1 Å². The van der Waals surface area contributed by atoms with E-state index in [9.17, 15) is 9.59 Å². The summed E-state index contributed by atoms with van der Waals surface area (Å²) in [5.41, 5.74) is 3.80. The SMILES string of the molecule is O=C(NCc1cc(-c2ccc(-c3ccccc3)cc2)on1)c1cc(=O)c2ccccc2o1. The van der Waals surface area contributed by atoms with Crippen molar-refractivity contribution < 1.29 is 13.7 Å². The number of benzene rings is 3. The zero-order valence-corrected chi connectivity index (χ0v) is 16.9. The van der Waals surface area contributed by atoms with Gasteiger partial charge in [0.05, 0.1) is 11.9 Å². The summed E-state index contributed by atoms with van der Waals surface area (Å²) in [4.78, 5) is 24.6. The van der Waals surface area contributed by atoms with Gasteiger partial charge in [-0.1, -0.05) is 71.9 Å². The van der Waals surface area contributed by atoms with E-state index < -0.39 is 5.91 Å². The Bertz CT molecular complexity index is 1450. The minimum Gasteiger partial charge on any atom is -0.451 e. The van der Waals surface area contributed by atoms with Crippen LogP contribution < -0.4 is 10.7 Å². The van der Waals surface area contributed by atoms with Gasteiger partial charge in [0.25, 0.3) is 5.91 Å². The van der Waals surface area contributed by atoms with E-state index >= 15 is 0 Å². The third kappa shape index (κ3) is 3.94. The third-order valence-electron chi connectivity index (χ3n) is 5.12. The summed E-state index contributed by atoms with van der Waals surface area (Å²) in [5, 5.41) is 7.17. The maximum atomic E-state index is 12.5. The Hall–Kier alpha value is -4.45. The molecule has 0 atom stereocenters. The highest BCUT2D eigenvalue weighted by molar-refractivity contribution is 5.93. The van der Waals surface area contributed by atoms with Crippen LogP contribution in [-0.2, 0) is 6.54 Å². The minimum absolute atomic E-state index is 0.0473. The van der Waals surface area contributed by atoms with E-state index in [1.807, 2.05) is 42.5 Å². The summed E-state index contributed by atoms with van der Waals surface area (Å²) in [6.07, 6.45) is 0. The second-order valence-corrected chi connectivity index (χ2v) is 7.28. The first-order valence-electron chi connectivity index (χ1n) is 10.1. The second kappa shape index (κ2) is 8.35. The van der Waals surface area contributed by atoms with Gasteiger partial charge in [-0.15, -0.1) is 0 Å². The van der Waals surface area contributed by atoms with Crippen LogP contribution in [0.2, 0.25) is 0 Å². The Labute approximate surface area is 183 Å². The Morgan fingerprint density at radius 2 is 1.50 bits per heavy atom. The van der Waals surface area contributed by atoms with Crippen molar-refractivity contribution in [2.45, 2.75) is 6.54 Å². The van der Waals surface area contributed by atoms with Gasteiger partial charge >= 0.3 is 0 Å². The number of hydrogen-bond acceptors (Lipinski definition) is 5. The maximum absolute atomic E-state index is 12.5. The molecule has 0 aliphatic heterocycles. The minimum atomic E-state index is -0.496. The summed E-state index contributed by atoms with van der Waals surface area (Å²) in [7, 11) is 0. The third-order valence-corrected chi connectivity index (χ3v) is 5.12. The molecule has 156 valence electrons. The molecule has 0 aliphatic carbocycles. The molecule has 0 spiro atoms. The molecule has 0 aliphatic rings. The number of amides is 1. The monoisotopic (exact) mass is 422 g/mol. The predicted molar refractivity (Wildman–Crippen MR) is 121 cm³/mol. The standard InChI is InChI=1S/C26H18N2O4/c29-22-15-25(31-23-9-5-4-8-21(22)23)26(30)27-16-20-14-24(32-28-20)19-12-10-18(11-13-19)17-6-2-1-3-7-17/h1-15H,16H2,(H,27,30). The number of carbonyl (C=O) groups excluding carboxylic acids is 1. The highest BCUT2D eigenvalue weighted by atomic mass is 16.5. The molecule has 1 N–H and O–H groups in total. The maximum Gasteiger partial charge on any atom is 0.287 e. The molecule has 0 saturated carbocycles. The predicted octanol–water partition coefficient (Wildman–Crippen LogP) is 5.05. The molecule has 0 saturated heterocycles. The lowest BCUT2D eigenvalue weighted by Gasteiger charge is -2.03. The lowest BCUT2D eigenvalue weighted by Crippen LogP contribution is -2.24. The van der Waals surface area contributed by atoms with Crippen LogP contribution in [0.5, 0.6) is 0 Å². The number of nitrogens with one attached hydrogen (secondary N) is 1. The number of hydrogen-bond donors (Lipinski definition) is 1. The van der Waals surface area contributed by atoms with Gasteiger partial charge in [-0.3, -0.25) is 9.59 Å². The number of para-hydroxylation sites is 1. The van der Waals surface area contributed by atoms with E-state index in [2.05, 4.69) is 22.6 Å². The van der Waals surface area contributed by atoms with Crippen molar-refractivity contribution in [1.29, 1.82) is 0 Å². The lowest BCUT2D eigenvalue weighted by molar-refractivity contribution is 0.0923. The van der Waals surface area contributed by atoms with Gasteiger partial charge in [-0.2, -0.15) is 0 Å². The average Bonchev–Trinajstić information content (AvgIpc) is 3.32. The molecule has 32 heavy (non-hydrogen) atoms. The molecule has 2 heterocycles. The van der Waals surface area contributed by atoms with Gasteiger partial charge in [0, 0.05) is 17.7 Å². The fraction of sp³-hybridized carbons (Fsp3) is 0.0385. The van der Waals surface area contributed by atoms with Gasteiger partial charge in [0.15, 0.2) is 16.9 Å². The number of fused-ring (bicyclic) bond motifs is 1. The Kier molecular flexibility index (Phi) is 5.09. The number of aromatic nitrogens is 1. The van der Waals surface area contributed by atoms with Crippen molar-refractivity contribution in [3.8, 4) is 22.5 Å². The molecule has 0 radical (unpaired) electrons. The first kappa shape index (κ1) is 19.5. The first-order valence-corrected chi connectivity index (χ1v) is 10.1. The van der Waals surface area contributed by atoms with E-state index in [0.29, 0.717) is 22.4 Å². The summed E-state index contributed by atoms with van der Waals surface area (Å²) in [6, 6.07) is 27.9. The normalized spacial score (nSPS) is 10.9. The van der Waals surface area contributed by atoms with Crippen molar-refractivity contribution in [1.82, 2.24) is 10.5 Å². The van der Waals surface area contributed by atoms with Crippen LogP contribution in [0.15, 0.2) is 105 Å². The topological polar surface area (TPSA) is 85.3 Å². The van der Waals surface area contributed by atoms with E-state index in [4.69, 9.17) is 8.94 Å². The van der Waals surface area contributed by atoms with Crippen LogP contribution in [0.1, 0.15) is 16.2 Å². The zero-order valence-electron chi connectivity index (χ0n) is 16.9. The quantitative estimate of drug-likeness (QED) is 0.429. The zero-order chi connectivity index (χ0) is 21.9. The van der Waals surface area contributed by atoms with Crippen molar-refractivity contribution in [2.75, 3.05) is 0 Å². The lowest BCUT2D eigenvalue weighted by atomic mass is 10.0. The van der Waals surface area contributed by atoms with Crippen LogP contribution in [0.4, 0.5) is 0 Å². The Morgan fingerprint density at radius 1 is 0.812 bits per heavy atom. The van der Waals surface area contributed by atoms with Gasteiger partial charge in [-0.05, 0) is 23.3 Å². The average molecular weight is 422 g/mol. The Morgan fingerprint density at radius 3 is 2.31 bits per heavy atom. The molecule has 3 aromatic carbocycles. The van der Waals surface area contributed by atoms with Crippen LogP contribution in [0.25, 0.3) is 33.4 Å². The highest BCUT2D eigenvalue weighted by Crippen LogP contribution is 2.25. The van der Waals surface area contributed by atoms with Gasteiger partial charge in [0.2, 0.25) is 0 Å². The molecule has 6 nitrogen and oxygen atoms in total. The molecule has 5 aromatic rings. The number of nitrogens with zero attached hydrogens (tertiary/aromatic N) is 1. The molecule has 0 unspecified atom stereocenters. The molecule has 5 rings (SSSR count). The summed E-state index contributed by atoms with van der Waals surface area (Å²) in [6.45, 7) is 0.140. The molecule has 2 aromatic heterocycles. The van der Waals surface area contributed by atoms with Crippen LogP contribution >= 0.6 is 0 Å². The van der Waals surface area contributed by atoms with Crippen molar-refractivity contribution >= 4 is 16.9 Å². The smallest absolute Gasteiger partial charge is 0.287 e. The van der Waals surface area contributed by atoms with Crippen LogP contribution in [0, 0.1) is 0 Å². The second-order valence-electron chi connectivity index (χ2n) is 7.28. The summed E-state index contributed by atoms with van der Waals surface area (Å²) >= 11 is 0. The summed E-state index contributed by atoms with van der Waals surface area (Å²) < 4.78 is 11.0. The number of rotatable bonds is 5. The van der Waals surface area contributed by atoms with Gasteiger partial charge in [0.1, 0.15) is 11.3 Å². The van der Waals surface area contributed by atoms with E-state index in [1.165, 1.54) is 6.07 Å². The molecule has 0 fully saturated rings. The first-order chi connectivity index (χ1) is 15.7. The van der Waals surface area contributed by atoms with Crippen molar-refractivity contribution in [2.24, 2.45) is 0 Å². The molecular formula is C26H18N2O4. The molecule has 6 heteroatoms. The molecule has 0 bridgehead atoms. The fourth-order valence-electron chi connectivity index (χ4n) is 3.46. The molecule has 1 amide bonds. The number of carbonyl (C=O) groups is 1. The van der Waals surface area contributed by atoms with E-state index in [0.717, 1.165) is 16.7 Å². The Balaban J connectivity index is 1.27. The van der Waals surface area contributed by atoms with Gasteiger partial charge < -0.3 is 14.3 Å². The fourth-order valence-corrected chi connectivity index (χ4v) is 3.46. The molecular weight excluding hydrogens is 404 g/mol. The largest absolute Gasteiger partial charge is 0.451 e. The highest BCUT2D eigenvalue weighted by Gasteiger charge is 2.14. The van der Waals surface area contributed by atoms with E-state index in [1.54, 1.807) is 30.3 Å². The van der Waals surface area contributed by atoms with Gasteiger partial charge in [-0.25, -0.2) is 0 Å². The van der Waals surface area contributed by atoms with E-state index in [-0.39, 0.29) is 17.7 Å². The van der Waals surface area contributed by atoms with Crippen molar-refractivity contribution in [3.05, 3.63) is 113 Å². The van der Waals surface area contributed by atoms with Crippen molar-refractivity contribution in [3.63, 3.8) is 0 Å². The van der Waals surface area contributed by atoms with Crippen LogP contribution in [0.3, 0.4) is 0 Å². The summed E-state index contributed by atoms with van der Waals surface area (Å²) in [5.74, 6) is 0.0598.